The fraction of sp³-hybridized carbons (Fsp3) is 0.667. The van der Waals surface area contributed by atoms with Crippen LogP contribution in [-0.2, 0) is 22.0 Å². The molecule has 2 aromatic rings. The van der Waals surface area contributed by atoms with Crippen molar-refractivity contribution in [2.75, 3.05) is 0 Å². The van der Waals surface area contributed by atoms with E-state index in [0.717, 1.165) is 0 Å². The maximum Gasteiger partial charge on any atom is 0.244 e. The minimum atomic E-state index is -3.57. The molecular weight excluding hydrogens is 296 g/mol. The Hall–Kier alpha value is -1.77. The third kappa shape index (κ3) is 3.46. The first-order valence-electron chi connectivity index (χ1n) is 6.70. The monoisotopic (exact) mass is 314 g/mol. The SMILES string of the molecule is CCc1noc(CS(=O)(=O)[C@@H](C)c2nc(C(C)C)no2)n1. The van der Waals surface area contributed by atoms with E-state index >= 15 is 0 Å². The lowest BCUT2D eigenvalue weighted by molar-refractivity contribution is 0.367. The van der Waals surface area contributed by atoms with Crippen LogP contribution in [0.15, 0.2) is 9.05 Å². The van der Waals surface area contributed by atoms with Crippen molar-refractivity contribution in [3.63, 3.8) is 0 Å². The predicted octanol–water partition coefficient (Wildman–Crippen LogP) is 1.81. The van der Waals surface area contributed by atoms with Gasteiger partial charge < -0.3 is 9.05 Å². The van der Waals surface area contributed by atoms with E-state index in [1.807, 2.05) is 20.8 Å². The van der Waals surface area contributed by atoms with Gasteiger partial charge >= 0.3 is 0 Å². The van der Waals surface area contributed by atoms with Crippen LogP contribution in [0.1, 0.15) is 62.3 Å². The van der Waals surface area contributed by atoms with Crippen molar-refractivity contribution in [1.29, 1.82) is 0 Å². The second kappa shape index (κ2) is 5.92. The number of aromatic nitrogens is 4. The summed E-state index contributed by atoms with van der Waals surface area (Å²) >= 11 is 0. The van der Waals surface area contributed by atoms with Gasteiger partial charge in [-0.3, -0.25) is 0 Å². The van der Waals surface area contributed by atoms with E-state index < -0.39 is 15.1 Å². The molecule has 0 fully saturated rings. The molecular formula is C12H18N4O4S. The summed E-state index contributed by atoms with van der Waals surface area (Å²) < 4.78 is 34.6. The van der Waals surface area contributed by atoms with Crippen LogP contribution in [0.4, 0.5) is 0 Å². The number of rotatable bonds is 6. The van der Waals surface area contributed by atoms with Gasteiger partial charge in [-0.2, -0.15) is 9.97 Å². The molecule has 2 heterocycles. The van der Waals surface area contributed by atoms with Crippen molar-refractivity contribution in [2.24, 2.45) is 0 Å². The average molecular weight is 314 g/mol. The molecule has 2 aromatic heterocycles. The summed E-state index contributed by atoms with van der Waals surface area (Å²) in [5.41, 5.74) is 0. The van der Waals surface area contributed by atoms with Crippen molar-refractivity contribution in [1.82, 2.24) is 20.3 Å². The quantitative estimate of drug-likeness (QED) is 0.793. The summed E-state index contributed by atoms with van der Waals surface area (Å²) in [5, 5.41) is 6.53. The third-order valence-electron chi connectivity index (χ3n) is 3.01. The van der Waals surface area contributed by atoms with Crippen molar-refractivity contribution in [3.05, 3.63) is 23.4 Å². The first kappa shape index (κ1) is 15.6. The van der Waals surface area contributed by atoms with E-state index in [1.54, 1.807) is 0 Å². The van der Waals surface area contributed by atoms with Gasteiger partial charge in [-0.05, 0) is 6.92 Å². The molecule has 0 aliphatic heterocycles. The summed E-state index contributed by atoms with van der Waals surface area (Å²) in [6, 6.07) is 0. The molecule has 0 N–H and O–H groups in total. The van der Waals surface area contributed by atoms with Crippen molar-refractivity contribution >= 4 is 9.84 Å². The normalized spacial score (nSPS) is 13.8. The molecule has 2 rings (SSSR count). The summed E-state index contributed by atoms with van der Waals surface area (Å²) in [7, 11) is -3.57. The minimum Gasteiger partial charge on any atom is -0.338 e. The maximum absolute atomic E-state index is 12.3. The van der Waals surface area contributed by atoms with E-state index in [4.69, 9.17) is 9.05 Å². The zero-order valence-corrected chi connectivity index (χ0v) is 13.2. The van der Waals surface area contributed by atoms with E-state index in [-0.39, 0.29) is 23.5 Å². The Balaban J connectivity index is 2.17. The highest BCUT2D eigenvalue weighted by molar-refractivity contribution is 7.90. The van der Waals surface area contributed by atoms with E-state index in [9.17, 15) is 8.42 Å². The van der Waals surface area contributed by atoms with Gasteiger partial charge in [0.1, 0.15) is 11.0 Å². The lowest BCUT2D eigenvalue weighted by Gasteiger charge is -2.06. The molecule has 0 radical (unpaired) electrons. The Bertz CT molecular complexity index is 704. The highest BCUT2D eigenvalue weighted by Gasteiger charge is 2.30. The van der Waals surface area contributed by atoms with Crippen LogP contribution in [0.3, 0.4) is 0 Å². The van der Waals surface area contributed by atoms with Crippen LogP contribution in [0.5, 0.6) is 0 Å². The zero-order chi connectivity index (χ0) is 15.6. The van der Waals surface area contributed by atoms with Crippen LogP contribution >= 0.6 is 0 Å². The number of hydrogen-bond acceptors (Lipinski definition) is 8. The van der Waals surface area contributed by atoms with Gasteiger partial charge in [0.05, 0.1) is 0 Å². The molecule has 21 heavy (non-hydrogen) atoms. The van der Waals surface area contributed by atoms with Crippen LogP contribution in [0, 0.1) is 0 Å². The Kier molecular flexibility index (Phi) is 4.40. The summed E-state index contributed by atoms with van der Waals surface area (Å²) in [6.07, 6.45) is 0.584. The van der Waals surface area contributed by atoms with Gasteiger partial charge in [-0.15, -0.1) is 0 Å². The molecule has 8 nitrogen and oxygen atoms in total. The summed E-state index contributed by atoms with van der Waals surface area (Å²) in [5.74, 6) is 0.836. The van der Waals surface area contributed by atoms with Gasteiger partial charge in [0.25, 0.3) is 0 Å². The number of hydrogen-bond donors (Lipinski definition) is 0. The Morgan fingerprint density at radius 3 is 2.33 bits per heavy atom. The lowest BCUT2D eigenvalue weighted by Crippen LogP contribution is -2.13. The number of aryl methyl sites for hydroxylation is 1. The summed E-state index contributed by atoms with van der Waals surface area (Å²) in [4.78, 5) is 8.12. The van der Waals surface area contributed by atoms with Crippen molar-refractivity contribution < 1.29 is 17.5 Å². The Morgan fingerprint density at radius 2 is 1.81 bits per heavy atom. The highest BCUT2D eigenvalue weighted by atomic mass is 32.2. The predicted molar refractivity (Wildman–Crippen MR) is 73.1 cm³/mol. The van der Waals surface area contributed by atoms with Gasteiger partial charge in [0, 0.05) is 12.3 Å². The molecule has 0 amide bonds. The molecule has 0 saturated heterocycles. The first-order chi connectivity index (χ1) is 9.83. The van der Waals surface area contributed by atoms with Crippen molar-refractivity contribution in [2.45, 2.75) is 51.0 Å². The van der Waals surface area contributed by atoms with E-state index in [1.165, 1.54) is 6.92 Å². The van der Waals surface area contributed by atoms with E-state index in [2.05, 4.69) is 20.3 Å². The molecule has 0 aliphatic carbocycles. The molecule has 0 saturated carbocycles. The fourth-order valence-electron chi connectivity index (χ4n) is 1.59. The number of sulfone groups is 1. The van der Waals surface area contributed by atoms with Gasteiger partial charge in [0.15, 0.2) is 21.5 Å². The molecule has 0 unspecified atom stereocenters. The van der Waals surface area contributed by atoms with Crippen LogP contribution in [0.2, 0.25) is 0 Å². The maximum atomic E-state index is 12.3. The number of nitrogens with zero attached hydrogens (tertiary/aromatic N) is 4. The molecule has 0 spiro atoms. The van der Waals surface area contributed by atoms with Crippen LogP contribution in [0.25, 0.3) is 0 Å². The molecule has 0 aliphatic rings. The standard InChI is InChI=1S/C12H18N4O4S/c1-5-9-13-10(19-15-9)6-21(17,18)8(4)12-14-11(7(2)3)16-20-12/h7-8H,5-6H2,1-4H3/t8-/m0/s1. The van der Waals surface area contributed by atoms with Gasteiger partial charge in [-0.1, -0.05) is 31.1 Å². The topological polar surface area (TPSA) is 112 Å². The zero-order valence-electron chi connectivity index (χ0n) is 12.4. The second-order valence-corrected chi connectivity index (χ2v) is 7.37. The molecule has 0 bridgehead atoms. The fourth-order valence-corrected chi connectivity index (χ4v) is 2.70. The average Bonchev–Trinajstić information content (AvgIpc) is 3.05. The van der Waals surface area contributed by atoms with Gasteiger partial charge in [-0.25, -0.2) is 8.42 Å². The first-order valence-corrected chi connectivity index (χ1v) is 8.41. The van der Waals surface area contributed by atoms with Crippen molar-refractivity contribution in [3.8, 4) is 0 Å². The summed E-state index contributed by atoms with van der Waals surface area (Å²) in [6.45, 7) is 7.17. The largest absolute Gasteiger partial charge is 0.338 e. The second-order valence-electron chi connectivity index (χ2n) is 5.05. The molecule has 0 aromatic carbocycles. The molecule has 9 heteroatoms. The minimum absolute atomic E-state index is 0.0699. The molecule has 116 valence electrons. The third-order valence-corrected chi connectivity index (χ3v) is 4.94. The van der Waals surface area contributed by atoms with Gasteiger partial charge in [0.2, 0.25) is 11.8 Å². The van der Waals surface area contributed by atoms with Crippen LogP contribution in [-0.4, -0.2) is 28.7 Å². The smallest absolute Gasteiger partial charge is 0.244 e. The Morgan fingerprint density at radius 1 is 1.10 bits per heavy atom. The molecule has 1 atom stereocenters. The van der Waals surface area contributed by atoms with Crippen LogP contribution < -0.4 is 0 Å². The Labute approximate surface area is 122 Å². The van der Waals surface area contributed by atoms with E-state index in [0.29, 0.717) is 18.1 Å². The highest BCUT2D eigenvalue weighted by Crippen LogP contribution is 2.24. The lowest BCUT2D eigenvalue weighted by atomic mass is 10.2.